The molecule has 2 N–H and O–H groups in total. The molecule has 1 aromatic carbocycles. The maximum Gasteiger partial charge on any atom is 0.338 e. The highest BCUT2D eigenvalue weighted by Gasteiger charge is 2.36. The fourth-order valence-corrected chi connectivity index (χ4v) is 3.86. The second kappa shape index (κ2) is 12.3. The predicted octanol–water partition coefficient (Wildman–Crippen LogP) is 5.30. The van der Waals surface area contributed by atoms with Crippen molar-refractivity contribution < 1.29 is 19.1 Å². The van der Waals surface area contributed by atoms with E-state index in [1.54, 1.807) is 26.8 Å². The molecular formula is C25H37N3O4. The molecule has 1 unspecified atom stereocenters. The summed E-state index contributed by atoms with van der Waals surface area (Å²) in [4.78, 5) is 39.4. The van der Waals surface area contributed by atoms with Crippen LogP contribution in [-0.4, -0.2) is 35.5 Å². The predicted molar refractivity (Wildman–Crippen MR) is 126 cm³/mol. The van der Waals surface area contributed by atoms with E-state index < -0.39 is 12.0 Å². The number of nitrogens with zero attached hydrogens (tertiary/aromatic N) is 1. The monoisotopic (exact) mass is 443 g/mol. The van der Waals surface area contributed by atoms with Gasteiger partial charge in [-0.15, -0.1) is 0 Å². The third kappa shape index (κ3) is 6.84. The van der Waals surface area contributed by atoms with E-state index in [0.717, 1.165) is 19.3 Å². The normalized spacial score (nSPS) is 16.2. The van der Waals surface area contributed by atoms with Gasteiger partial charge in [0.2, 0.25) is 5.91 Å². The number of benzene rings is 1. The van der Waals surface area contributed by atoms with Crippen LogP contribution in [0.15, 0.2) is 35.5 Å². The molecule has 0 saturated carbocycles. The summed E-state index contributed by atoms with van der Waals surface area (Å²) in [5, 5.41) is 5.85. The number of rotatable bonds is 11. The molecule has 1 atom stereocenters. The van der Waals surface area contributed by atoms with Gasteiger partial charge in [-0.2, -0.15) is 0 Å². The quantitative estimate of drug-likeness (QED) is 0.359. The van der Waals surface area contributed by atoms with Gasteiger partial charge in [0.05, 0.1) is 17.7 Å². The summed E-state index contributed by atoms with van der Waals surface area (Å²) >= 11 is 0. The lowest BCUT2D eigenvalue weighted by molar-refractivity contribution is -0.143. The molecule has 7 heteroatoms. The molecular weight excluding hydrogens is 406 g/mol. The van der Waals surface area contributed by atoms with E-state index in [4.69, 9.17) is 4.74 Å². The highest BCUT2D eigenvalue weighted by molar-refractivity contribution is 5.95. The highest BCUT2D eigenvalue weighted by Crippen LogP contribution is 2.32. The minimum atomic E-state index is -0.651. The number of nitrogens with one attached hydrogen (secondary N) is 2. The van der Waals surface area contributed by atoms with Gasteiger partial charge in [0.15, 0.2) is 0 Å². The fraction of sp³-hybridized carbons (Fsp3) is 0.560. The van der Waals surface area contributed by atoms with Gasteiger partial charge < -0.3 is 15.4 Å². The summed E-state index contributed by atoms with van der Waals surface area (Å²) in [7, 11) is 0. The molecule has 1 heterocycles. The van der Waals surface area contributed by atoms with Gasteiger partial charge >= 0.3 is 12.0 Å². The Labute approximate surface area is 191 Å². The average Bonchev–Trinajstić information content (AvgIpc) is 2.73. The van der Waals surface area contributed by atoms with Crippen molar-refractivity contribution in [2.75, 3.05) is 11.9 Å². The standard InChI is InChI=1S/C25H37N3O4/c1-6-8-9-10-11-15-21(29)26-20-14-12-13-19(16-20)23-22(24(30)32-17(3)4)18(5)28(7-2)25(31)27-23/h12-14,16-17,23H,6-11,15H2,1-5H3,(H,26,29)(H,27,31). The summed E-state index contributed by atoms with van der Waals surface area (Å²) in [6.45, 7) is 9.81. The molecule has 0 aliphatic carbocycles. The molecule has 7 nitrogen and oxygen atoms in total. The maximum absolute atomic E-state index is 12.9. The van der Waals surface area contributed by atoms with Crippen LogP contribution >= 0.6 is 0 Å². The Hall–Kier alpha value is -2.83. The second-order valence-electron chi connectivity index (χ2n) is 8.42. The first-order valence-electron chi connectivity index (χ1n) is 11.7. The summed E-state index contributed by atoms with van der Waals surface area (Å²) < 4.78 is 5.46. The minimum Gasteiger partial charge on any atom is -0.459 e. The summed E-state index contributed by atoms with van der Waals surface area (Å²) in [6.07, 6.45) is 5.63. The Morgan fingerprint density at radius 1 is 1.16 bits per heavy atom. The van der Waals surface area contributed by atoms with Crippen LogP contribution in [0.25, 0.3) is 0 Å². The maximum atomic E-state index is 12.9. The molecule has 0 spiro atoms. The fourth-order valence-electron chi connectivity index (χ4n) is 3.86. The Kier molecular flexibility index (Phi) is 9.75. The minimum absolute atomic E-state index is 0.0327. The second-order valence-corrected chi connectivity index (χ2v) is 8.42. The van der Waals surface area contributed by atoms with Crippen molar-refractivity contribution >= 4 is 23.6 Å². The van der Waals surface area contributed by atoms with Crippen LogP contribution in [0.4, 0.5) is 10.5 Å². The first-order valence-corrected chi connectivity index (χ1v) is 11.7. The number of amides is 3. The number of urea groups is 1. The number of carbonyl (C=O) groups is 3. The first kappa shape index (κ1) is 25.4. The number of hydrogen-bond donors (Lipinski definition) is 2. The van der Waals surface area contributed by atoms with Crippen LogP contribution in [-0.2, 0) is 14.3 Å². The summed E-state index contributed by atoms with van der Waals surface area (Å²) in [5.41, 5.74) is 2.33. The molecule has 1 aromatic rings. The van der Waals surface area contributed by atoms with Crippen LogP contribution < -0.4 is 10.6 Å². The van der Waals surface area contributed by atoms with Gasteiger partial charge in [-0.1, -0.05) is 44.7 Å². The Morgan fingerprint density at radius 2 is 1.88 bits per heavy atom. The van der Waals surface area contributed by atoms with E-state index in [1.165, 1.54) is 17.7 Å². The zero-order valence-corrected chi connectivity index (χ0v) is 20.0. The Morgan fingerprint density at radius 3 is 2.53 bits per heavy atom. The lowest BCUT2D eigenvalue weighted by atomic mass is 9.94. The largest absolute Gasteiger partial charge is 0.459 e. The van der Waals surface area contributed by atoms with E-state index in [9.17, 15) is 14.4 Å². The lowest BCUT2D eigenvalue weighted by Crippen LogP contribution is -2.48. The highest BCUT2D eigenvalue weighted by atomic mass is 16.5. The summed E-state index contributed by atoms with van der Waals surface area (Å²) in [5.74, 6) is -0.489. The molecule has 176 valence electrons. The zero-order valence-electron chi connectivity index (χ0n) is 20.0. The number of carbonyl (C=O) groups excluding carboxylic acids is 3. The number of allylic oxidation sites excluding steroid dienone is 1. The Bertz CT molecular complexity index is 847. The topological polar surface area (TPSA) is 87.7 Å². The number of anilines is 1. The number of unbranched alkanes of at least 4 members (excludes halogenated alkanes) is 4. The zero-order chi connectivity index (χ0) is 23.7. The van der Waals surface area contributed by atoms with Crippen molar-refractivity contribution in [3.05, 3.63) is 41.1 Å². The van der Waals surface area contributed by atoms with E-state index in [2.05, 4.69) is 17.6 Å². The smallest absolute Gasteiger partial charge is 0.338 e. The van der Waals surface area contributed by atoms with Gasteiger partial charge in [0, 0.05) is 24.4 Å². The first-order chi connectivity index (χ1) is 15.3. The van der Waals surface area contributed by atoms with Crippen molar-refractivity contribution in [2.24, 2.45) is 0 Å². The van der Waals surface area contributed by atoms with Crippen molar-refractivity contribution in [1.29, 1.82) is 0 Å². The SMILES string of the molecule is CCCCCCCC(=O)Nc1cccc(C2NC(=O)N(CC)C(C)=C2C(=O)OC(C)C)c1. The van der Waals surface area contributed by atoms with Gasteiger partial charge in [-0.05, 0) is 51.8 Å². The number of ether oxygens (including phenoxy) is 1. The Balaban J connectivity index is 2.21. The molecule has 3 amide bonds. The molecule has 32 heavy (non-hydrogen) atoms. The van der Waals surface area contributed by atoms with Crippen molar-refractivity contribution in [2.45, 2.75) is 85.3 Å². The van der Waals surface area contributed by atoms with Crippen LogP contribution in [0, 0.1) is 0 Å². The van der Waals surface area contributed by atoms with E-state index >= 15 is 0 Å². The van der Waals surface area contributed by atoms with E-state index in [1.807, 2.05) is 25.1 Å². The number of hydrogen-bond acceptors (Lipinski definition) is 4. The van der Waals surface area contributed by atoms with E-state index in [0.29, 0.717) is 35.5 Å². The molecule has 2 rings (SSSR count). The number of esters is 1. The van der Waals surface area contributed by atoms with Gasteiger partial charge in [-0.25, -0.2) is 9.59 Å². The van der Waals surface area contributed by atoms with Crippen molar-refractivity contribution in [1.82, 2.24) is 10.2 Å². The third-order valence-electron chi connectivity index (χ3n) is 5.49. The summed E-state index contributed by atoms with van der Waals surface area (Å²) in [6, 6.07) is 6.34. The van der Waals surface area contributed by atoms with Gasteiger partial charge in [0.1, 0.15) is 0 Å². The van der Waals surface area contributed by atoms with Crippen molar-refractivity contribution in [3.63, 3.8) is 0 Å². The molecule has 0 fully saturated rings. The van der Waals surface area contributed by atoms with Crippen LogP contribution in [0.2, 0.25) is 0 Å². The molecule has 0 saturated heterocycles. The lowest BCUT2D eigenvalue weighted by Gasteiger charge is -2.35. The van der Waals surface area contributed by atoms with Gasteiger partial charge in [0.25, 0.3) is 0 Å². The molecule has 0 aromatic heterocycles. The third-order valence-corrected chi connectivity index (χ3v) is 5.49. The molecule has 0 bridgehead atoms. The van der Waals surface area contributed by atoms with Crippen molar-refractivity contribution in [3.8, 4) is 0 Å². The average molecular weight is 444 g/mol. The molecule has 0 radical (unpaired) electrons. The molecule has 1 aliphatic heterocycles. The van der Waals surface area contributed by atoms with Gasteiger partial charge in [-0.3, -0.25) is 9.69 Å². The van der Waals surface area contributed by atoms with Crippen LogP contribution in [0.5, 0.6) is 0 Å². The van der Waals surface area contributed by atoms with E-state index in [-0.39, 0.29) is 18.0 Å². The van der Waals surface area contributed by atoms with Crippen LogP contribution in [0.1, 0.15) is 84.7 Å². The van der Waals surface area contributed by atoms with Crippen LogP contribution in [0.3, 0.4) is 0 Å². The molecule has 1 aliphatic rings.